The molecule has 0 aliphatic heterocycles. The van der Waals surface area contributed by atoms with Gasteiger partial charge in [-0.1, -0.05) is 294 Å². The maximum absolute atomic E-state index is 12.4. The summed E-state index contributed by atoms with van der Waals surface area (Å²) in [5.41, 5.74) is 0. The van der Waals surface area contributed by atoms with Gasteiger partial charge >= 0.3 is 5.97 Å². The highest BCUT2D eigenvalue weighted by atomic mass is 16.5. The van der Waals surface area contributed by atoms with E-state index < -0.39 is 12.1 Å². The minimum Gasteiger partial charge on any atom is -0.466 e. The lowest BCUT2D eigenvalue weighted by molar-refractivity contribution is -0.143. The van der Waals surface area contributed by atoms with Crippen LogP contribution >= 0.6 is 0 Å². The fourth-order valence-corrected chi connectivity index (χ4v) is 9.44. The third-order valence-electron chi connectivity index (χ3n) is 14.1. The molecule has 0 heterocycles. The van der Waals surface area contributed by atoms with Crippen molar-refractivity contribution in [3.05, 3.63) is 36.5 Å². The first-order chi connectivity index (χ1) is 34.0. The molecule has 0 rings (SSSR count). The Balaban J connectivity index is 3.37. The number of aliphatic hydroxyl groups is 2. The van der Waals surface area contributed by atoms with Crippen molar-refractivity contribution < 1.29 is 24.5 Å². The highest BCUT2D eigenvalue weighted by Crippen LogP contribution is 2.18. The molecule has 0 aliphatic rings. The van der Waals surface area contributed by atoms with Crippen LogP contribution in [-0.4, -0.2) is 47.4 Å². The van der Waals surface area contributed by atoms with Gasteiger partial charge in [0.25, 0.3) is 0 Å². The van der Waals surface area contributed by atoms with Gasteiger partial charge in [-0.2, -0.15) is 0 Å². The third-order valence-corrected chi connectivity index (χ3v) is 14.1. The minimum absolute atomic E-state index is 0.00130. The Morgan fingerprint density at radius 2 is 0.754 bits per heavy atom. The lowest BCUT2D eigenvalue weighted by Crippen LogP contribution is -2.45. The standard InChI is InChI=1S/C63H119NO5/c1-3-5-7-9-11-13-15-31-35-39-43-47-51-55-61(66)60(59-65)64-62(67)56-52-48-44-40-36-33-29-27-25-23-21-19-17-18-20-22-24-26-28-30-34-38-42-46-50-54-58-69-63(68)57-53-49-45-41-37-32-16-14-12-10-8-6-4-2/h8,10,14,16,51,55,60-61,65-66H,3-7,9,11-13,15,17-50,52-54,56-59H2,1-2H3,(H,64,67)/b10-8-,16-14-,55-51+. The predicted octanol–water partition coefficient (Wildman–Crippen LogP) is 19.2. The van der Waals surface area contributed by atoms with Crippen molar-refractivity contribution >= 4 is 11.9 Å². The molecule has 6 heteroatoms. The summed E-state index contributed by atoms with van der Waals surface area (Å²) >= 11 is 0. The molecule has 69 heavy (non-hydrogen) atoms. The summed E-state index contributed by atoms with van der Waals surface area (Å²) in [6.45, 7) is 4.84. The summed E-state index contributed by atoms with van der Waals surface area (Å²) in [7, 11) is 0. The second-order valence-electron chi connectivity index (χ2n) is 21.0. The van der Waals surface area contributed by atoms with Gasteiger partial charge in [0.05, 0.1) is 25.4 Å². The highest BCUT2D eigenvalue weighted by Gasteiger charge is 2.18. The Bertz CT molecular complexity index is 1120. The van der Waals surface area contributed by atoms with Crippen molar-refractivity contribution in [3.63, 3.8) is 0 Å². The Morgan fingerprint density at radius 3 is 1.16 bits per heavy atom. The maximum atomic E-state index is 12.4. The smallest absolute Gasteiger partial charge is 0.305 e. The van der Waals surface area contributed by atoms with E-state index in [-0.39, 0.29) is 18.5 Å². The number of esters is 1. The second-order valence-corrected chi connectivity index (χ2v) is 21.0. The van der Waals surface area contributed by atoms with Crippen molar-refractivity contribution in [2.45, 2.75) is 341 Å². The summed E-state index contributed by atoms with van der Waals surface area (Å²) in [5.74, 6) is -0.0641. The molecule has 3 N–H and O–H groups in total. The zero-order valence-corrected chi connectivity index (χ0v) is 46.3. The summed E-state index contributed by atoms with van der Waals surface area (Å²) in [6, 6.07) is -0.625. The van der Waals surface area contributed by atoms with E-state index in [1.165, 1.54) is 250 Å². The summed E-state index contributed by atoms with van der Waals surface area (Å²) in [4.78, 5) is 24.5. The van der Waals surface area contributed by atoms with Gasteiger partial charge in [0.1, 0.15) is 0 Å². The number of ether oxygens (including phenoxy) is 1. The Labute approximate surface area is 430 Å². The molecule has 0 aliphatic carbocycles. The van der Waals surface area contributed by atoms with Gasteiger partial charge in [-0.15, -0.1) is 0 Å². The molecule has 0 radical (unpaired) electrons. The van der Waals surface area contributed by atoms with Crippen LogP contribution in [0, 0.1) is 0 Å². The van der Waals surface area contributed by atoms with E-state index in [0.717, 1.165) is 51.4 Å². The normalized spacial score (nSPS) is 12.8. The lowest BCUT2D eigenvalue weighted by Gasteiger charge is -2.20. The van der Waals surface area contributed by atoms with Gasteiger partial charge in [0.15, 0.2) is 0 Å². The number of carbonyl (C=O) groups is 2. The third kappa shape index (κ3) is 55.2. The Morgan fingerprint density at radius 1 is 0.406 bits per heavy atom. The number of aliphatic hydroxyl groups excluding tert-OH is 2. The molecule has 406 valence electrons. The molecule has 1 amide bonds. The molecule has 0 bridgehead atoms. The van der Waals surface area contributed by atoms with Crippen LogP contribution in [0.15, 0.2) is 36.5 Å². The van der Waals surface area contributed by atoms with E-state index in [9.17, 15) is 19.8 Å². The van der Waals surface area contributed by atoms with Gasteiger partial charge in [-0.25, -0.2) is 0 Å². The van der Waals surface area contributed by atoms with Crippen molar-refractivity contribution in [1.29, 1.82) is 0 Å². The fraction of sp³-hybridized carbons (Fsp3) is 0.873. The monoisotopic (exact) mass is 970 g/mol. The average Bonchev–Trinajstić information content (AvgIpc) is 3.35. The summed E-state index contributed by atoms with van der Waals surface area (Å²) in [5, 5.41) is 23.1. The molecule has 0 aromatic rings. The number of amides is 1. The van der Waals surface area contributed by atoms with Crippen LogP contribution in [0.5, 0.6) is 0 Å². The summed E-state index contributed by atoms with van der Waals surface area (Å²) in [6.07, 6.45) is 73.3. The number of hydrogen-bond donors (Lipinski definition) is 3. The number of nitrogens with one attached hydrogen (secondary N) is 1. The number of hydrogen-bond acceptors (Lipinski definition) is 5. The number of allylic oxidation sites excluding steroid dienone is 5. The van der Waals surface area contributed by atoms with E-state index >= 15 is 0 Å². The van der Waals surface area contributed by atoms with E-state index in [1.54, 1.807) is 6.08 Å². The van der Waals surface area contributed by atoms with Crippen LogP contribution in [0.1, 0.15) is 328 Å². The minimum atomic E-state index is -0.842. The lowest BCUT2D eigenvalue weighted by atomic mass is 10.0. The molecule has 2 atom stereocenters. The van der Waals surface area contributed by atoms with Crippen LogP contribution in [-0.2, 0) is 14.3 Å². The van der Waals surface area contributed by atoms with E-state index in [0.29, 0.717) is 19.4 Å². The molecular weight excluding hydrogens is 851 g/mol. The Kier molecular flexibility index (Phi) is 57.0. The maximum Gasteiger partial charge on any atom is 0.305 e. The molecule has 0 saturated carbocycles. The number of rotatable bonds is 57. The quantitative estimate of drug-likeness (QED) is 0.0321. The van der Waals surface area contributed by atoms with Crippen molar-refractivity contribution in [2.75, 3.05) is 13.2 Å². The predicted molar refractivity (Wildman–Crippen MR) is 301 cm³/mol. The van der Waals surface area contributed by atoms with E-state index in [2.05, 4.69) is 43.5 Å². The fourth-order valence-electron chi connectivity index (χ4n) is 9.44. The average molecular weight is 971 g/mol. The van der Waals surface area contributed by atoms with Crippen LogP contribution in [0.4, 0.5) is 0 Å². The van der Waals surface area contributed by atoms with Gasteiger partial charge in [0.2, 0.25) is 5.91 Å². The van der Waals surface area contributed by atoms with Crippen molar-refractivity contribution in [3.8, 4) is 0 Å². The second kappa shape index (κ2) is 58.6. The van der Waals surface area contributed by atoms with Crippen LogP contribution in [0.2, 0.25) is 0 Å². The van der Waals surface area contributed by atoms with E-state index in [4.69, 9.17) is 4.74 Å². The highest BCUT2D eigenvalue weighted by molar-refractivity contribution is 5.76. The first-order valence-electron chi connectivity index (χ1n) is 30.8. The van der Waals surface area contributed by atoms with Gasteiger partial charge in [-0.3, -0.25) is 9.59 Å². The molecule has 0 saturated heterocycles. The molecule has 0 fully saturated rings. The number of carbonyl (C=O) groups excluding carboxylic acids is 2. The first kappa shape index (κ1) is 67.1. The molecule has 0 spiro atoms. The van der Waals surface area contributed by atoms with Crippen LogP contribution in [0.3, 0.4) is 0 Å². The zero-order chi connectivity index (χ0) is 50.0. The largest absolute Gasteiger partial charge is 0.466 e. The molecule has 0 aromatic carbocycles. The molecule has 0 aromatic heterocycles. The van der Waals surface area contributed by atoms with Gasteiger partial charge < -0.3 is 20.3 Å². The van der Waals surface area contributed by atoms with Crippen molar-refractivity contribution in [2.24, 2.45) is 0 Å². The van der Waals surface area contributed by atoms with Gasteiger partial charge in [0, 0.05) is 12.8 Å². The topological polar surface area (TPSA) is 95.9 Å². The van der Waals surface area contributed by atoms with Crippen LogP contribution in [0.25, 0.3) is 0 Å². The molecule has 2 unspecified atom stereocenters. The molecule has 6 nitrogen and oxygen atoms in total. The summed E-state index contributed by atoms with van der Waals surface area (Å²) < 4.78 is 5.47. The van der Waals surface area contributed by atoms with Crippen molar-refractivity contribution in [1.82, 2.24) is 5.32 Å². The first-order valence-corrected chi connectivity index (χ1v) is 30.8. The van der Waals surface area contributed by atoms with E-state index in [1.807, 2.05) is 6.08 Å². The Hall–Kier alpha value is -1.92. The SMILES string of the molecule is CCC/C=C\C/C=C\CCCCCCCC(=O)OCCCCCCCCCCCCCCCCCCCCCCCCCCCCC(=O)NC(CO)C(O)/C=C/CCCCCCCCCCCCC. The zero-order valence-electron chi connectivity index (χ0n) is 46.3. The van der Waals surface area contributed by atoms with Crippen LogP contribution < -0.4 is 5.32 Å². The van der Waals surface area contributed by atoms with Gasteiger partial charge in [-0.05, 0) is 57.8 Å². The molecular formula is C63H119NO5. The number of unbranched alkanes of at least 4 members (excludes halogenated alkanes) is 42.